The van der Waals surface area contributed by atoms with Gasteiger partial charge in [-0.25, -0.2) is 0 Å². The lowest BCUT2D eigenvalue weighted by atomic mass is 10.2. The first-order valence-corrected chi connectivity index (χ1v) is 7.78. The van der Waals surface area contributed by atoms with Crippen LogP contribution in [0.2, 0.25) is 0 Å². The zero-order valence-corrected chi connectivity index (χ0v) is 11.8. The molecule has 0 saturated carbocycles. The molecule has 0 aromatic rings. The molecule has 0 aromatic carbocycles. The molecule has 1 N–H and O–H groups in total. The zero-order chi connectivity index (χ0) is 13.1. The monoisotopic (exact) mass is 266 g/mol. The van der Waals surface area contributed by atoms with Crippen molar-refractivity contribution in [3.63, 3.8) is 0 Å². The Morgan fingerprint density at radius 3 is 2.53 bits per heavy atom. The van der Waals surface area contributed by atoms with Crippen molar-refractivity contribution in [3.05, 3.63) is 0 Å². The van der Waals surface area contributed by atoms with E-state index in [1.807, 2.05) is 0 Å². The first kappa shape index (κ1) is 13.3. The molecule has 3 rings (SSSR count). The first-order chi connectivity index (χ1) is 9.33. The van der Waals surface area contributed by atoms with Crippen LogP contribution in [0.25, 0.3) is 0 Å². The van der Waals surface area contributed by atoms with Crippen molar-refractivity contribution in [1.82, 2.24) is 20.0 Å². The number of nitrogens with zero attached hydrogens (tertiary/aromatic N) is 3. The minimum atomic E-state index is 0.337. The third-order valence-electron chi connectivity index (χ3n) is 4.74. The normalized spacial score (nSPS) is 30.1. The number of carbonyl (C=O) groups excluding carboxylic acids is 1. The maximum absolute atomic E-state index is 12.3. The Labute approximate surface area is 115 Å². The fourth-order valence-corrected chi connectivity index (χ4v) is 3.53. The minimum Gasteiger partial charge on any atom is -0.340 e. The van der Waals surface area contributed by atoms with Crippen LogP contribution < -0.4 is 5.32 Å². The van der Waals surface area contributed by atoms with Crippen LogP contribution in [-0.4, -0.2) is 85.6 Å². The minimum absolute atomic E-state index is 0.337. The molecule has 0 aromatic heterocycles. The van der Waals surface area contributed by atoms with Crippen molar-refractivity contribution < 1.29 is 4.79 Å². The molecule has 108 valence electrons. The van der Waals surface area contributed by atoms with E-state index in [2.05, 4.69) is 20.0 Å². The van der Waals surface area contributed by atoms with Gasteiger partial charge in [0.1, 0.15) is 0 Å². The highest BCUT2D eigenvalue weighted by atomic mass is 16.2. The molecule has 5 heteroatoms. The second-order valence-electron chi connectivity index (χ2n) is 6.05. The Morgan fingerprint density at radius 2 is 1.79 bits per heavy atom. The Kier molecular flexibility index (Phi) is 4.35. The van der Waals surface area contributed by atoms with Crippen LogP contribution in [0.5, 0.6) is 0 Å². The Hall–Kier alpha value is -0.650. The van der Waals surface area contributed by atoms with E-state index in [0.29, 0.717) is 18.5 Å². The number of carbonyl (C=O) groups is 1. The maximum atomic E-state index is 12.3. The molecule has 5 nitrogen and oxygen atoms in total. The molecular formula is C14H26N4O. The summed E-state index contributed by atoms with van der Waals surface area (Å²) in [5, 5.41) is 3.33. The fourth-order valence-electron chi connectivity index (χ4n) is 3.53. The van der Waals surface area contributed by atoms with Gasteiger partial charge in [0.25, 0.3) is 0 Å². The smallest absolute Gasteiger partial charge is 0.236 e. The van der Waals surface area contributed by atoms with E-state index in [-0.39, 0.29) is 0 Å². The molecule has 3 aliphatic rings. The van der Waals surface area contributed by atoms with Gasteiger partial charge in [-0.05, 0) is 32.4 Å². The summed E-state index contributed by atoms with van der Waals surface area (Å²) in [5.74, 6) is 0.337. The van der Waals surface area contributed by atoms with Gasteiger partial charge in [-0.2, -0.15) is 0 Å². The Bertz CT molecular complexity index is 311. The fraction of sp³-hybridized carbons (Fsp3) is 0.929. The predicted molar refractivity (Wildman–Crippen MR) is 75.1 cm³/mol. The standard InChI is InChI=1S/C14H26N4O/c19-14(12-16-9-4-15-5-10-16)18-8-3-13(11-18)17-6-1-2-7-17/h13,15H,1-12H2. The molecule has 3 heterocycles. The van der Waals surface area contributed by atoms with Crippen molar-refractivity contribution >= 4 is 5.91 Å². The molecule has 3 aliphatic heterocycles. The van der Waals surface area contributed by atoms with Crippen LogP contribution in [0.3, 0.4) is 0 Å². The van der Waals surface area contributed by atoms with Crippen molar-refractivity contribution in [2.75, 3.05) is 58.9 Å². The van der Waals surface area contributed by atoms with Gasteiger partial charge in [0.2, 0.25) is 5.91 Å². The first-order valence-electron chi connectivity index (χ1n) is 7.78. The third-order valence-corrected chi connectivity index (χ3v) is 4.74. The van der Waals surface area contributed by atoms with Gasteiger partial charge in [-0.15, -0.1) is 0 Å². The number of hydrogen-bond donors (Lipinski definition) is 1. The van der Waals surface area contributed by atoms with Gasteiger partial charge in [0.15, 0.2) is 0 Å². The van der Waals surface area contributed by atoms with Crippen LogP contribution in [-0.2, 0) is 4.79 Å². The van der Waals surface area contributed by atoms with E-state index in [9.17, 15) is 4.79 Å². The van der Waals surface area contributed by atoms with Gasteiger partial charge in [0, 0.05) is 45.3 Å². The number of likely N-dealkylation sites (tertiary alicyclic amines) is 2. The lowest BCUT2D eigenvalue weighted by molar-refractivity contribution is -0.131. The van der Waals surface area contributed by atoms with E-state index in [1.165, 1.54) is 32.4 Å². The van der Waals surface area contributed by atoms with E-state index < -0.39 is 0 Å². The second-order valence-corrected chi connectivity index (χ2v) is 6.05. The molecule has 1 amide bonds. The van der Waals surface area contributed by atoms with Gasteiger partial charge in [-0.1, -0.05) is 0 Å². The molecule has 0 aliphatic carbocycles. The summed E-state index contributed by atoms with van der Waals surface area (Å²) in [4.78, 5) is 19.3. The quantitative estimate of drug-likeness (QED) is 0.754. The van der Waals surface area contributed by atoms with Crippen LogP contribution in [0, 0.1) is 0 Å². The largest absolute Gasteiger partial charge is 0.340 e. The molecule has 3 fully saturated rings. The molecule has 19 heavy (non-hydrogen) atoms. The van der Waals surface area contributed by atoms with E-state index in [1.54, 1.807) is 0 Å². The SMILES string of the molecule is O=C(CN1CCNCC1)N1CCC(N2CCCC2)C1. The van der Waals surface area contributed by atoms with Crippen LogP contribution >= 0.6 is 0 Å². The van der Waals surface area contributed by atoms with Crippen LogP contribution in [0.1, 0.15) is 19.3 Å². The lowest BCUT2D eigenvalue weighted by Gasteiger charge is -2.29. The average molecular weight is 266 g/mol. The summed E-state index contributed by atoms with van der Waals surface area (Å²) >= 11 is 0. The number of hydrogen-bond acceptors (Lipinski definition) is 4. The van der Waals surface area contributed by atoms with Crippen molar-refractivity contribution in [2.45, 2.75) is 25.3 Å². The van der Waals surface area contributed by atoms with Crippen molar-refractivity contribution in [1.29, 1.82) is 0 Å². The van der Waals surface area contributed by atoms with Crippen molar-refractivity contribution in [2.24, 2.45) is 0 Å². The Morgan fingerprint density at radius 1 is 1.05 bits per heavy atom. The summed E-state index contributed by atoms with van der Waals surface area (Å²) in [5.41, 5.74) is 0. The van der Waals surface area contributed by atoms with Gasteiger partial charge in [-0.3, -0.25) is 14.6 Å². The highest BCUT2D eigenvalue weighted by Crippen LogP contribution is 2.20. The van der Waals surface area contributed by atoms with Crippen LogP contribution in [0.4, 0.5) is 0 Å². The summed E-state index contributed by atoms with van der Waals surface area (Å²) in [6.07, 6.45) is 3.85. The number of rotatable bonds is 3. The van der Waals surface area contributed by atoms with Gasteiger partial charge >= 0.3 is 0 Å². The highest BCUT2D eigenvalue weighted by molar-refractivity contribution is 5.78. The lowest BCUT2D eigenvalue weighted by Crippen LogP contribution is -2.48. The second kappa shape index (κ2) is 6.20. The van der Waals surface area contributed by atoms with E-state index in [0.717, 1.165) is 39.3 Å². The number of piperazine rings is 1. The van der Waals surface area contributed by atoms with Crippen molar-refractivity contribution in [3.8, 4) is 0 Å². The van der Waals surface area contributed by atoms with Crippen LogP contribution in [0.15, 0.2) is 0 Å². The third kappa shape index (κ3) is 3.27. The molecule has 1 unspecified atom stereocenters. The topological polar surface area (TPSA) is 38.8 Å². The van der Waals surface area contributed by atoms with E-state index >= 15 is 0 Å². The average Bonchev–Trinajstić information content (AvgIpc) is 3.11. The predicted octanol–water partition coefficient (Wildman–Crippen LogP) is -0.412. The summed E-state index contributed by atoms with van der Waals surface area (Å²) in [6, 6.07) is 0.634. The van der Waals surface area contributed by atoms with Gasteiger partial charge in [0.05, 0.1) is 6.54 Å². The zero-order valence-electron chi connectivity index (χ0n) is 11.8. The number of amides is 1. The molecule has 1 atom stereocenters. The molecular weight excluding hydrogens is 240 g/mol. The summed E-state index contributed by atoms with van der Waals surface area (Å²) in [6.45, 7) is 9.08. The summed E-state index contributed by atoms with van der Waals surface area (Å²) in [7, 11) is 0. The highest BCUT2D eigenvalue weighted by Gasteiger charge is 2.31. The molecule has 0 bridgehead atoms. The molecule has 0 radical (unpaired) electrons. The molecule has 3 saturated heterocycles. The Balaban J connectivity index is 1.45. The molecule has 0 spiro atoms. The summed E-state index contributed by atoms with van der Waals surface area (Å²) < 4.78 is 0. The van der Waals surface area contributed by atoms with E-state index in [4.69, 9.17) is 0 Å². The van der Waals surface area contributed by atoms with Gasteiger partial charge < -0.3 is 10.2 Å². The number of nitrogens with one attached hydrogen (secondary N) is 1. The maximum Gasteiger partial charge on any atom is 0.236 e.